The van der Waals surface area contributed by atoms with Crippen LogP contribution in [0, 0.1) is 5.82 Å². The number of amides is 1. The van der Waals surface area contributed by atoms with Gasteiger partial charge >= 0.3 is 0 Å². The first-order valence-corrected chi connectivity index (χ1v) is 11.7. The fraction of sp³-hybridized carbons (Fsp3) is 0.542. The van der Waals surface area contributed by atoms with Crippen LogP contribution in [-0.2, 0) is 16.6 Å². The van der Waals surface area contributed by atoms with Crippen molar-refractivity contribution in [3.63, 3.8) is 0 Å². The summed E-state index contributed by atoms with van der Waals surface area (Å²) in [6.07, 6.45) is 2.35. The fourth-order valence-corrected chi connectivity index (χ4v) is 5.29. The molecule has 1 aromatic heterocycles. The van der Waals surface area contributed by atoms with E-state index in [9.17, 15) is 14.7 Å². The molecule has 4 heterocycles. The molecular weight excluding hydrogens is 441 g/mol. The van der Waals surface area contributed by atoms with Crippen LogP contribution in [0.5, 0.6) is 5.75 Å². The lowest BCUT2D eigenvalue weighted by Crippen LogP contribution is -2.49. The first-order chi connectivity index (χ1) is 16.1. The molecule has 34 heavy (non-hydrogen) atoms. The van der Waals surface area contributed by atoms with Crippen LogP contribution in [0.3, 0.4) is 0 Å². The van der Waals surface area contributed by atoms with E-state index in [0.717, 1.165) is 13.0 Å². The van der Waals surface area contributed by atoms with Gasteiger partial charge < -0.3 is 25.0 Å². The minimum absolute atomic E-state index is 0.0132. The first-order valence-electron chi connectivity index (χ1n) is 11.7. The summed E-state index contributed by atoms with van der Waals surface area (Å²) in [5.74, 6) is 0.845. The number of hydrogen-bond acceptors (Lipinski definition) is 7. The average molecular weight is 472 g/mol. The number of anilines is 3. The van der Waals surface area contributed by atoms with E-state index in [0.29, 0.717) is 66.7 Å². The van der Waals surface area contributed by atoms with Crippen LogP contribution in [0.2, 0.25) is 0 Å². The summed E-state index contributed by atoms with van der Waals surface area (Å²) in [7, 11) is 1.63. The summed E-state index contributed by atoms with van der Waals surface area (Å²) in [6.45, 7) is 4.92. The van der Waals surface area contributed by atoms with Gasteiger partial charge in [0.05, 0.1) is 22.3 Å². The standard InChI is InChI=1S/C24H30FN5O4/c1-23(2,33)13-34-16-7-6-15(25)17-18(16)29(3)21(32)24(17)8-11-30(12-9-24)22-27-19-14(20(31)28-22)5-4-10-26-19/h6-7,33H,4-5,8-13H2,1-3H3,(H2,26,27,28,31). The van der Waals surface area contributed by atoms with Crippen LogP contribution in [0.1, 0.15) is 44.2 Å². The molecule has 5 rings (SSSR count). The molecule has 1 amide bonds. The number of piperidine rings is 1. The Kier molecular flexibility index (Phi) is 5.31. The predicted molar refractivity (Wildman–Crippen MR) is 126 cm³/mol. The number of likely N-dealkylation sites (N-methyl/N-ethyl adjacent to an activating group) is 1. The normalized spacial score (nSPS) is 19.1. The van der Waals surface area contributed by atoms with Gasteiger partial charge in [-0.2, -0.15) is 4.98 Å². The number of aliphatic hydroxyl groups is 1. The molecule has 0 saturated carbocycles. The largest absolute Gasteiger partial charge is 0.488 e. The molecule has 1 aromatic carbocycles. The third-order valence-electron chi connectivity index (χ3n) is 7.01. The van der Waals surface area contributed by atoms with Crippen molar-refractivity contribution in [1.82, 2.24) is 9.97 Å². The van der Waals surface area contributed by atoms with Gasteiger partial charge in [-0.1, -0.05) is 0 Å². The number of H-pyrrole nitrogens is 1. The van der Waals surface area contributed by atoms with Crippen molar-refractivity contribution in [2.24, 2.45) is 0 Å². The molecule has 3 aliphatic rings. The molecule has 1 fully saturated rings. The van der Waals surface area contributed by atoms with Crippen molar-refractivity contribution in [2.75, 3.05) is 48.4 Å². The monoisotopic (exact) mass is 471 g/mol. The zero-order chi connectivity index (χ0) is 24.3. The number of benzene rings is 1. The number of aromatic nitrogens is 2. The minimum Gasteiger partial charge on any atom is -0.488 e. The topological polar surface area (TPSA) is 111 Å². The van der Waals surface area contributed by atoms with E-state index in [4.69, 9.17) is 4.74 Å². The maximum Gasteiger partial charge on any atom is 0.257 e. The van der Waals surface area contributed by atoms with Crippen LogP contribution >= 0.6 is 0 Å². The molecular formula is C24H30FN5O4. The van der Waals surface area contributed by atoms with Gasteiger partial charge in [0.1, 0.15) is 24.0 Å². The van der Waals surface area contributed by atoms with E-state index in [-0.39, 0.29) is 18.1 Å². The molecule has 2 aromatic rings. The lowest BCUT2D eigenvalue weighted by Gasteiger charge is -2.38. The SMILES string of the molecule is CN1C(=O)C2(CCN(c3nc4c(c(=O)[nH]3)CCCN4)CC2)c2c(F)ccc(OCC(C)(C)O)c21. The number of fused-ring (bicyclic) bond motifs is 3. The number of hydrogen-bond donors (Lipinski definition) is 3. The molecule has 0 atom stereocenters. The highest BCUT2D eigenvalue weighted by atomic mass is 19.1. The van der Waals surface area contributed by atoms with Gasteiger partial charge in [0.25, 0.3) is 5.56 Å². The van der Waals surface area contributed by atoms with Gasteiger partial charge in [0, 0.05) is 32.2 Å². The van der Waals surface area contributed by atoms with E-state index < -0.39 is 16.8 Å². The lowest BCUT2D eigenvalue weighted by molar-refractivity contribution is -0.123. The Morgan fingerprint density at radius 1 is 1.26 bits per heavy atom. The van der Waals surface area contributed by atoms with Crippen molar-refractivity contribution in [3.8, 4) is 5.75 Å². The molecule has 3 N–H and O–H groups in total. The van der Waals surface area contributed by atoms with E-state index in [2.05, 4.69) is 15.3 Å². The Morgan fingerprint density at radius 3 is 2.71 bits per heavy atom. The van der Waals surface area contributed by atoms with Gasteiger partial charge in [-0.3, -0.25) is 14.6 Å². The number of carbonyl (C=O) groups excluding carboxylic acids is 1. The Bertz CT molecular complexity index is 1200. The van der Waals surface area contributed by atoms with Gasteiger partial charge in [-0.15, -0.1) is 0 Å². The van der Waals surface area contributed by atoms with Gasteiger partial charge in [-0.05, 0) is 51.7 Å². The summed E-state index contributed by atoms with van der Waals surface area (Å²) in [4.78, 5) is 36.9. The molecule has 0 aliphatic carbocycles. The van der Waals surface area contributed by atoms with Crippen LogP contribution < -0.4 is 25.4 Å². The summed E-state index contributed by atoms with van der Waals surface area (Å²) in [6, 6.07) is 2.83. The average Bonchev–Trinajstić information content (AvgIpc) is 3.01. The second-order valence-corrected chi connectivity index (χ2v) is 10.1. The number of nitrogens with zero attached hydrogens (tertiary/aromatic N) is 3. The molecule has 1 saturated heterocycles. The first kappa shape index (κ1) is 22.6. The summed E-state index contributed by atoms with van der Waals surface area (Å²) in [5.41, 5.74) is -0.779. The third-order valence-corrected chi connectivity index (χ3v) is 7.01. The highest BCUT2D eigenvalue weighted by Crippen LogP contribution is 2.52. The van der Waals surface area contributed by atoms with Crippen molar-refractivity contribution >= 4 is 23.4 Å². The van der Waals surface area contributed by atoms with Crippen LogP contribution in [-0.4, -0.2) is 59.9 Å². The molecule has 10 heteroatoms. The Balaban J connectivity index is 1.44. The number of ether oxygens (including phenoxy) is 1. The van der Waals surface area contributed by atoms with E-state index in [1.165, 1.54) is 17.0 Å². The number of nitrogens with one attached hydrogen (secondary N) is 2. The van der Waals surface area contributed by atoms with Gasteiger partial charge in [-0.25, -0.2) is 4.39 Å². The predicted octanol–water partition coefficient (Wildman–Crippen LogP) is 1.93. The smallest absolute Gasteiger partial charge is 0.257 e. The maximum atomic E-state index is 15.2. The molecule has 0 bridgehead atoms. The molecule has 182 valence electrons. The fourth-order valence-electron chi connectivity index (χ4n) is 5.29. The Labute approximate surface area is 196 Å². The van der Waals surface area contributed by atoms with Crippen LogP contribution in [0.15, 0.2) is 16.9 Å². The molecule has 3 aliphatic heterocycles. The highest BCUT2D eigenvalue weighted by molar-refractivity contribution is 6.09. The van der Waals surface area contributed by atoms with Crippen molar-refractivity contribution < 1.29 is 19.0 Å². The molecule has 0 unspecified atom stereocenters. The van der Waals surface area contributed by atoms with E-state index >= 15 is 4.39 Å². The quantitative estimate of drug-likeness (QED) is 0.625. The van der Waals surface area contributed by atoms with Crippen LogP contribution in [0.4, 0.5) is 21.8 Å². The number of carbonyl (C=O) groups is 1. The van der Waals surface area contributed by atoms with Gasteiger partial charge in [0.2, 0.25) is 11.9 Å². The van der Waals surface area contributed by atoms with E-state index in [1.54, 1.807) is 20.9 Å². The van der Waals surface area contributed by atoms with Crippen LogP contribution in [0.25, 0.3) is 0 Å². The zero-order valence-electron chi connectivity index (χ0n) is 19.7. The third kappa shape index (κ3) is 3.60. The van der Waals surface area contributed by atoms with Crippen molar-refractivity contribution in [3.05, 3.63) is 39.4 Å². The van der Waals surface area contributed by atoms with Crippen molar-refractivity contribution in [2.45, 2.75) is 50.5 Å². The lowest BCUT2D eigenvalue weighted by atomic mass is 9.73. The Hall–Kier alpha value is -3.14. The molecule has 1 spiro atoms. The Morgan fingerprint density at radius 2 is 2.00 bits per heavy atom. The summed E-state index contributed by atoms with van der Waals surface area (Å²) >= 11 is 0. The second kappa shape index (κ2) is 7.97. The number of rotatable bonds is 4. The summed E-state index contributed by atoms with van der Waals surface area (Å²) in [5, 5.41) is 13.2. The molecule has 0 radical (unpaired) electrons. The maximum absolute atomic E-state index is 15.2. The van der Waals surface area contributed by atoms with Crippen molar-refractivity contribution in [1.29, 1.82) is 0 Å². The zero-order valence-corrected chi connectivity index (χ0v) is 19.7. The second-order valence-electron chi connectivity index (χ2n) is 10.1. The van der Waals surface area contributed by atoms with E-state index in [1.807, 2.05) is 4.90 Å². The highest BCUT2D eigenvalue weighted by Gasteiger charge is 2.54. The molecule has 9 nitrogen and oxygen atoms in total. The number of aromatic amines is 1. The minimum atomic E-state index is -1.07. The number of halogens is 1. The van der Waals surface area contributed by atoms with Gasteiger partial charge in [0.15, 0.2) is 0 Å². The summed E-state index contributed by atoms with van der Waals surface area (Å²) < 4.78 is 21.0.